The Bertz CT molecular complexity index is 968. The molecule has 1 aromatic heterocycles. The van der Waals surface area contributed by atoms with E-state index in [2.05, 4.69) is 27.0 Å². The molecule has 1 aromatic carbocycles. The molecule has 10 heteroatoms. The van der Waals surface area contributed by atoms with Crippen molar-refractivity contribution in [2.75, 3.05) is 58.7 Å². The maximum atomic E-state index is 13.0. The molecule has 0 radical (unpaired) electrons. The van der Waals surface area contributed by atoms with Crippen molar-refractivity contribution in [3.8, 4) is 0 Å². The van der Waals surface area contributed by atoms with Gasteiger partial charge in [0.2, 0.25) is 15.9 Å². The van der Waals surface area contributed by atoms with Crippen LogP contribution in [-0.4, -0.2) is 86.8 Å². The number of benzene rings is 1. The van der Waals surface area contributed by atoms with E-state index in [0.717, 1.165) is 37.2 Å². The van der Waals surface area contributed by atoms with Crippen LogP contribution < -0.4 is 5.32 Å². The van der Waals surface area contributed by atoms with Gasteiger partial charge in [-0.05, 0) is 45.3 Å². The van der Waals surface area contributed by atoms with Gasteiger partial charge in [0.1, 0.15) is 0 Å². The number of thiazole rings is 1. The predicted octanol–water partition coefficient (Wildman–Crippen LogP) is 2.29. The number of rotatable bonds is 9. The van der Waals surface area contributed by atoms with Crippen molar-refractivity contribution in [2.45, 2.75) is 31.1 Å². The van der Waals surface area contributed by atoms with Crippen molar-refractivity contribution in [2.24, 2.45) is 0 Å². The summed E-state index contributed by atoms with van der Waals surface area (Å²) in [4.78, 5) is 21.2. The first kappa shape index (κ1) is 23.1. The summed E-state index contributed by atoms with van der Waals surface area (Å²) in [5, 5.41) is 3.35. The quantitative estimate of drug-likeness (QED) is 0.627. The summed E-state index contributed by atoms with van der Waals surface area (Å²) in [6.45, 7) is 6.27. The van der Waals surface area contributed by atoms with Crippen LogP contribution in [-0.2, 0) is 14.8 Å². The third-order valence-electron chi connectivity index (χ3n) is 5.32. The molecule has 30 heavy (non-hydrogen) atoms. The van der Waals surface area contributed by atoms with Gasteiger partial charge in [0.15, 0.2) is 5.13 Å². The number of carbonyl (C=O) groups excluding carboxylic acids is 1. The van der Waals surface area contributed by atoms with Crippen molar-refractivity contribution in [1.82, 2.24) is 19.1 Å². The molecule has 8 nitrogen and oxygen atoms in total. The predicted molar refractivity (Wildman–Crippen MR) is 122 cm³/mol. The van der Waals surface area contributed by atoms with Crippen LogP contribution >= 0.6 is 11.3 Å². The minimum atomic E-state index is -3.52. The lowest BCUT2D eigenvalue weighted by atomic mass is 10.3. The van der Waals surface area contributed by atoms with E-state index >= 15 is 0 Å². The van der Waals surface area contributed by atoms with Crippen LogP contribution in [0.4, 0.5) is 5.13 Å². The van der Waals surface area contributed by atoms with Crippen LogP contribution in [0.1, 0.15) is 26.2 Å². The Morgan fingerprint density at radius 1 is 1.23 bits per heavy atom. The smallest absolute Gasteiger partial charge is 0.243 e. The molecule has 1 fully saturated rings. The van der Waals surface area contributed by atoms with Gasteiger partial charge in [-0.25, -0.2) is 13.4 Å². The Morgan fingerprint density at radius 3 is 2.67 bits per heavy atom. The molecule has 1 saturated heterocycles. The summed E-state index contributed by atoms with van der Waals surface area (Å²) >= 11 is 1.30. The molecule has 0 bridgehead atoms. The van der Waals surface area contributed by atoms with E-state index in [1.807, 2.05) is 14.1 Å². The summed E-state index contributed by atoms with van der Waals surface area (Å²) in [6, 6.07) is 4.97. The van der Waals surface area contributed by atoms with Gasteiger partial charge in [-0.2, -0.15) is 4.31 Å². The van der Waals surface area contributed by atoms with E-state index in [9.17, 15) is 13.2 Å². The molecule has 2 heterocycles. The van der Waals surface area contributed by atoms with Crippen LogP contribution in [0.25, 0.3) is 10.2 Å². The van der Waals surface area contributed by atoms with Gasteiger partial charge in [0.05, 0.1) is 15.1 Å². The van der Waals surface area contributed by atoms with Gasteiger partial charge in [-0.15, -0.1) is 0 Å². The van der Waals surface area contributed by atoms with Crippen molar-refractivity contribution in [3.05, 3.63) is 18.2 Å². The third-order valence-corrected chi connectivity index (χ3v) is 8.15. The number of hydrogen-bond donors (Lipinski definition) is 1. The molecular weight excluding hydrogens is 422 g/mol. The Balaban J connectivity index is 1.65. The zero-order valence-electron chi connectivity index (χ0n) is 17.9. The molecule has 0 aliphatic carbocycles. The molecule has 3 rings (SSSR count). The van der Waals surface area contributed by atoms with E-state index < -0.39 is 10.0 Å². The first-order chi connectivity index (χ1) is 14.3. The first-order valence-corrected chi connectivity index (χ1v) is 12.6. The molecule has 1 N–H and O–H groups in total. The number of amides is 1. The maximum Gasteiger partial charge on any atom is 0.243 e. The SMILES string of the molecule is CCCCN(C)CCC(=O)Nc1nc2ccc(S(=O)(=O)N3CCN(C)CC3)cc2s1. The van der Waals surface area contributed by atoms with E-state index in [1.54, 1.807) is 18.2 Å². The standard InChI is InChI=1S/C20H31N5O3S2/c1-4-5-9-23(2)10-8-19(26)22-20-21-17-7-6-16(15-18(17)29-20)30(27,28)25-13-11-24(3)12-14-25/h6-7,15H,4-5,8-14H2,1-3H3,(H,21,22,26). The number of piperazine rings is 1. The fraction of sp³-hybridized carbons (Fsp3) is 0.600. The van der Waals surface area contributed by atoms with E-state index in [-0.39, 0.29) is 10.8 Å². The second kappa shape index (κ2) is 10.1. The number of hydrogen-bond acceptors (Lipinski definition) is 7. The highest BCUT2D eigenvalue weighted by Crippen LogP contribution is 2.29. The van der Waals surface area contributed by atoms with Crippen LogP contribution in [0.3, 0.4) is 0 Å². The molecular formula is C20H31N5O3S2. The number of fused-ring (bicyclic) bond motifs is 1. The average Bonchev–Trinajstić information content (AvgIpc) is 3.12. The van der Waals surface area contributed by atoms with Crippen LogP contribution in [0.15, 0.2) is 23.1 Å². The molecule has 0 unspecified atom stereocenters. The van der Waals surface area contributed by atoms with Crippen LogP contribution in [0, 0.1) is 0 Å². The van der Waals surface area contributed by atoms with Gasteiger partial charge in [-0.3, -0.25) is 4.79 Å². The topological polar surface area (TPSA) is 85.8 Å². The van der Waals surface area contributed by atoms with Gasteiger partial charge < -0.3 is 15.1 Å². The second-order valence-electron chi connectivity index (χ2n) is 7.81. The number of nitrogens with one attached hydrogen (secondary N) is 1. The number of sulfonamides is 1. The van der Waals surface area contributed by atoms with Gasteiger partial charge in [0.25, 0.3) is 0 Å². The lowest BCUT2D eigenvalue weighted by Crippen LogP contribution is -2.46. The lowest BCUT2D eigenvalue weighted by molar-refractivity contribution is -0.116. The van der Waals surface area contributed by atoms with Crippen LogP contribution in [0.2, 0.25) is 0 Å². The summed E-state index contributed by atoms with van der Waals surface area (Å²) in [5.41, 5.74) is 0.688. The summed E-state index contributed by atoms with van der Waals surface area (Å²) < 4.78 is 28.2. The summed E-state index contributed by atoms with van der Waals surface area (Å²) in [6.07, 6.45) is 2.66. The fourth-order valence-electron chi connectivity index (χ4n) is 3.31. The van der Waals surface area contributed by atoms with Crippen molar-refractivity contribution >= 4 is 42.6 Å². The number of aromatic nitrogens is 1. The minimum Gasteiger partial charge on any atom is -0.306 e. The van der Waals surface area contributed by atoms with E-state index in [4.69, 9.17) is 0 Å². The molecule has 1 aliphatic rings. The summed E-state index contributed by atoms with van der Waals surface area (Å²) in [7, 11) is 0.485. The molecule has 2 aromatic rings. The average molecular weight is 454 g/mol. The molecule has 166 valence electrons. The van der Waals surface area contributed by atoms with Gasteiger partial charge in [0, 0.05) is 39.1 Å². The monoisotopic (exact) mass is 453 g/mol. The minimum absolute atomic E-state index is 0.0808. The van der Waals surface area contributed by atoms with Crippen LogP contribution in [0.5, 0.6) is 0 Å². The normalized spacial score (nSPS) is 16.4. The Labute approximate surface area is 182 Å². The lowest BCUT2D eigenvalue weighted by Gasteiger charge is -2.31. The Hall–Kier alpha value is -1.59. The molecule has 1 aliphatic heterocycles. The van der Waals surface area contributed by atoms with E-state index in [0.29, 0.717) is 36.7 Å². The zero-order valence-corrected chi connectivity index (χ0v) is 19.6. The molecule has 1 amide bonds. The largest absolute Gasteiger partial charge is 0.306 e. The number of likely N-dealkylation sites (N-methyl/N-ethyl adjacent to an activating group) is 1. The van der Waals surface area contributed by atoms with Crippen molar-refractivity contribution in [3.63, 3.8) is 0 Å². The third kappa shape index (κ3) is 5.76. The zero-order chi connectivity index (χ0) is 21.7. The van der Waals surface area contributed by atoms with E-state index in [1.165, 1.54) is 15.6 Å². The Kier molecular flexibility index (Phi) is 7.81. The van der Waals surface area contributed by atoms with Gasteiger partial charge in [-0.1, -0.05) is 24.7 Å². The summed E-state index contributed by atoms with van der Waals surface area (Å²) in [5.74, 6) is -0.0808. The highest BCUT2D eigenvalue weighted by atomic mass is 32.2. The Morgan fingerprint density at radius 2 is 1.97 bits per heavy atom. The highest BCUT2D eigenvalue weighted by molar-refractivity contribution is 7.89. The molecule has 0 saturated carbocycles. The van der Waals surface area contributed by atoms with Gasteiger partial charge >= 0.3 is 0 Å². The van der Waals surface area contributed by atoms with Crippen molar-refractivity contribution in [1.29, 1.82) is 0 Å². The highest BCUT2D eigenvalue weighted by Gasteiger charge is 2.27. The number of unbranched alkanes of at least 4 members (excludes halogenated alkanes) is 1. The first-order valence-electron chi connectivity index (χ1n) is 10.4. The molecule has 0 atom stereocenters. The maximum absolute atomic E-state index is 13.0. The number of anilines is 1. The molecule has 0 spiro atoms. The fourth-order valence-corrected chi connectivity index (χ4v) is 5.76. The number of carbonyl (C=O) groups is 1. The number of nitrogens with zero attached hydrogens (tertiary/aromatic N) is 4. The second-order valence-corrected chi connectivity index (χ2v) is 10.8. The van der Waals surface area contributed by atoms with Crippen molar-refractivity contribution < 1.29 is 13.2 Å².